The van der Waals surface area contributed by atoms with Crippen molar-refractivity contribution >= 4 is 35.1 Å². The third kappa shape index (κ3) is 5.99. The van der Waals surface area contributed by atoms with Gasteiger partial charge in [-0.1, -0.05) is 35.4 Å². The SMILES string of the molecule is COc1c(C)c2c(c(NC(=O)C(F)(F)F)c1CC=C(C)CCC(=O)Oc1ccccc1Cl)C(=O)OC2. The number of hydrogen-bond acceptors (Lipinski definition) is 6. The molecule has 0 aliphatic carbocycles. The fourth-order valence-corrected chi connectivity index (χ4v) is 3.93. The van der Waals surface area contributed by atoms with E-state index in [1.165, 1.54) is 7.11 Å². The van der Waals surface area contributed by atoms with Crippen molar-refractivity contribution in [2.75, 3.05) is 12.4 Å². The van der Waals surface area contributed by atoms with Crippen molar-refractivity contribution < 1.29 is 41.8 Å². The summed E-state index contributed by atoms with van der Waals surface area (Å²) in [5.41, 5.74) is 1.34. The molecule has 1 aliphatic rings. The number of fused-ring (bicyclic) bond motifs is 1. The molecule has 36 heavy (non-hydrogen) atoms. The molecule has 0 saturated heterocycles. The lowest BCUT2D eigenvalue weighted by Gasteiger charge is -2.20. The van der Waals surface area contributed by atoms with Gasteiger partial charge in [0, 0.05) is 17.5 Å². The van der Waals surface area contributed by atoms with Crippen molar-refractivity contribution in [2.24, 2.45) is 0 Å². The van der Waals surface area contributed by atoms with Crippen LogP contribution >= 0.6 is 11.6 Å². The number of halogens is 4. The van der Waals surface area contributed by atoms with Crippen molar-refractivity contribution in [2.45, 2.75) is 45.9 Å². The van der Waals surface area contributed by atoms with E-state index in [1.807, 2.05) is 5.32 Å². The van der Waals surface area contributed by atoms with Crippen LogP contribution in [0, 0.1) is 6.92 Å². The van der Waals surface area contributed by atoms with Crippen LogP contribution in [0.15, 0.2) is 35.9 Å². The highest BCUT2D eigenvalue weighted by Gasteiger charge is 2.41. The van der Waals surface area contributed by atoms with Crippen LogP contribution < -0.4 is 14.8 Å². The molecule has 7 nitrogen and oxygen atoms in total. The minimum Gasteiger partial charge on any atom is -0.496 e. The first-order chi connectivity index (χ1) is 16.9. The van der Waals surface area contributed by atoms with Crippen molar-refractivity contribution in [3.05, 3.63) is 63.2 Å². The number of allylic oxidation sites excluding steroid dienone is 2. The van der Waals surface area contributed by atoms with E-state index in [-0.39, 0.29) is 47.8 Å². The largest absolute Gasteiger partial charge is 0.496 e. The second-order valence-electron chi connectivity index (χ2n) is 8.05. The maximum atomic E-state index is 13.0. The van der Waals surface area contributed by atoms with Crippen LogP contribution in [0.4, 0.5) is 18.9 Å². The molecule has 0 atom stereocenters. The monoisotopic (exact) mass is 525 g/mol. The minimum atomic E-state index is -5.17. The number of rotatable bonds is 8. The van der Waals surface area contributed by atoms with Gasteiger partial charge in [-0.15, -0.1) is 0 Å². The van der Waals surface area contributed by atoms with Crippen LogP contribution in [0.1, 0.15) is 46.8 Å². The number of methoxy groups -OCH3 is 1. The molecule has 2 aromatic rings. The Morgan fingerprint density at radius 3 is 2.56 bits per heavy atom. The topological polar surface area (TPSA) is 90.9 Å². The average molecular weight is 526 g/mol. The fourth-order valence-electron chi connectivity index (χ4n) is 3.75. The number of para-hydroxylation sites is 1. The molecule has 11 heteroatoms. The number of nitrogens with one attached hydrogen (secondary N) is 1. The number of carbonyl (C=O) groups excluding carboxylic acids is 3. The molecular weight excluding hydrogens is 503 g/mol. The van der Waals surface area contributed by atoms with Crippen LogP contribution in [-0.4, -0.2) is 31.1 Å². The van der Waals surface area contributed by atoms with Gasteiger partial charge in [0.25, 0.3) is 0 Å². The average Bonchev–Trinajstić information content (AvgIpc) is 3.20. The molecule has 1 aliphatic heterocycles. The first-order valence-corrected chi connectivity index (χ1v) is 11.2. The quantitative estimate of drug-likeness (QED) is 0.270. The summed E-state index contributed by atoms with van der Waals surface area (Å²) < 4.78 is 54.8. The van der Waals surface area contributed by atoms with Crippen molar-refractivity contribution in [1.82, 2.24) is 0 Å². The molecule has 0 aromatic heterocycles. The van der Waals surface area contributed by atoms with Crippen LogP contribution in [0.25, 0.3) is 0 Å². The molecule has 1 N–H and O–H groups in total. The first-order valence-electron chi connectivity index (χ1n) is 10.8. The Hall–Kier alpha value is -3.53. The normalized spacial score (nSPS) is 13.2. The molecule has 0 saturated carbocycles. The summed E-state index contributed by atoms with van der Waals surface area (Å²) in [6.07, 6.45) is -3.16. The van der Waals surface area contributed by atoms with Crippen LogP contribution in [0.5, 0.6) is 11.5 Å². The Balaban J connectivity index is 1.85. The van der Waals surface area contributed by atoms with Gasteiger partial charge in [-0.2, -0.15) is 13.2 Å². The number of anilines is 1. The number of carbonyl (C=O) groups is 3. The van der Waals surface area contributed by atoms with Gasteiger partial charge in [0.05, 0.1) is 23.4 Å². The van der Waals surface area contributed by atoms with Gasteiger partial charge >= 0.3 is 24.0 Å². The molecule has 192 valence electrons. The van der Waals surface area contributed by atoms with Gasteiger partial charge in [0.15, 0.2) is 0 Å². The Morgan fingerprint density at radius 1 is 1.22 bits per heavy atom. The van der Waals surface area contributed by atoms with Gasteiger partial charge in [-0.25, -0.2) is 4.79 Å². The zero-order valence-electron chi connectivity index (χ0n) is 19.7. The number of cyclic esters (lactones) is 1. The number of benzene rings is 2. The maximum Gasteiger partial charge on any atom is 0.471 e. The Morgan fingerprint density at radius 2 is 1.92 bits per heavy atom. The predicted molar refractivity (Wildman–Crippen MR) is 125 cm³/mol. The number of hydrogen-bond donors (Lipinski definition) is 1. The Labute approximate surface area is 210 Å². The highest BCUT2D eigenvalue weighted by Crippen LogP contribution is 2.42. The molecule has 1 amide bonds. The molecular formula is C25H23ClF3NO6. The molecule has 3 rings (SSSR count). The van der Waals surface area contributed by atoms with Gasteiger partial charge in [0.1, 0.15) is 18.1 Å². The molecule has 1 heterocycles. The zero-order valence-corrected chi connectivity index (χ0v) is 20.4. The highest BCUT2D eigenvalue weighted by atomic mass is 35.5. The Bertz CT molecular complexity index is 1240. The third-order valence-corrected chi connectivity index (χ3v) is 5.92. The van der Waals surface area contributed by atoms with E-state index >= 15 is 0 Å². The maximum absolute atomic E-state index is 13.0. The van der Waals surface area contributed by atoms with Crippen LogP contribution in [0.3, 0.4) is 0 Å². The summed E-state index contributed by atoms with van der Waals surface area (Å²) in [7, 11) is 1.34. The van der Waals surface area contributed by atoms with E-state index in [1.54, 1.807) is 44.2 Å². The van der Waals surface area contributed by atoms with Gasteiger partial charge < -0.3 is 19.5 Å². The summed E-state index contributed by atoms with van der Waals surface area (Å²) >= 11 is 5.99. The smallest absolute Gasteiger partial charge is 0.471 e. The van der Waals surface area contributed by atoms with Crippen molar-refractivity contribution in [1.29, 1.82) is 0 Å². The second-order valence-corrected chi connectivity index (χ2v) is 8.46. The van der Waals surface area contributed by atoms with E-state index in [4.69, 9.17) is 25.8 Å². The molecule has 0 unspecified atom stereocenters. The highest BCUT2D eigenvalue weighted by molar-refractivity contribution is 6.32. The molecule has 2 aromatic carbocycles. The summed E-state index contributed by atoms with van der Waals surface area (Å²) in [6, 6.07) is 6.53. The summed E-state index contributed by atoms with van der Waals surface area (Å²) in [5, 5.41) is 2.12. The van der Waals surface area contributed by atoms with E-state index in [2.05, 4.69) is 0 Å². The van der Waals surface area contributed by atoms with Gasteiger partial charge in [0.2, 0.25) is 0 Å². The summed E-state index contributed by atoms with van der Waals surface area (Å²) in [5.74, 6) is -3.10. The van der Waals surface area contributed by atoms with Crippen molar-refractivity contribution in [3.63, 3.8) is 0 Å². The third-order valence-electron chi connectivity index (χ3n) is 5.61. The van der Waals surface area contributed by atoms with E-state index in [0.717, 1.165) is 5.57 Å². The fraction of sp³-hybridized carbons (Fsp3) is 0.320. The van der Waals surface area contributed by atoms with Gasteiger partial charge in [-0.3, -0.25) is 9.59 Å². The van der Waals surface area contributed by atoms with Crippen LogP contribution in [-0.2, 0) is 27.4 Å². The summed E-state index contributed by atoms with van der Waals surface area (Å²) in [4.78, 5) is 36.3. The molecule has 0 spiro atoms. The predicted octanol–water partition coefficient (Wildman–Crippen LogP) is 5.70. The minimum absolute atomic E-state index is 0.0173. The number of amides is 1. The summed E-state index contributed by atoms with van der Waals surface area (Å²) in [6.45, 7) is 3.24. The standard InChI is InChI=1S/C25H23ClF3NO6/c1-13(9-11-19(31)36-18-7-5-4-6-17(18)26)8-10-15-21(30-24(33)25(27,28)29)20-16(12-35-23(20)32)14(2)22(15)34-3/h4-8H,9-12H2,1-3H3,(H,30,33). The van der Waals surface area contributed by atoms with Gasteiger partial charge in [-0.05, 0) is 44.4 Å². The number of alkyl halides is 3. The molecule has 0 bridgehead atoms. The van der Waals surface area contributed by atoms with E-state index < -0.39 is 24.0 Å². The second kappa shape index (κ2) is 11.0. The molecule has 0 radical (unpaired) electrons. The lowest BCUT2D eigenvalue weighted by atomic mass is 9.93. The molecule has 0 fully saturated rings. The Kier molecular flexibility index (Phi) is 8.29. The van der Waals surface area contributed by atoms with E-state index in [9.17, 15) is 27.6 Å². The lowest BCUT2D eigenvalue weighted by molar-refractivity contribution is -0.167. The van der Waals surface area contributed by atoms with Crippen LogP contribution in [0.2, 0.25) is 5.02 Å². The first kappa shape index (κ1) is 27.1. The number of ether oxygens (including phenoxy) is 3. The van der Waals surface area contributed by atoms with Crippen molar-refractivity contribution in [3.8, 4) is 11.5 Å². The number of esters is 2. The lowest BCUT2D eigenvalue weighted by Crippen LogP contribution is -2.31. The van der Waals surface area contributed by atoms with E-state index in [0.29, 0.717) is 22.6 Å². The zero-order chi connectivity index (χ0) is 26.6.